The Bertz CT molecular complexity index is 394. The Kier molecular flexibility index (Phi) is 4.33. The third kappa shape index (κ3) is 3.30. The van der Waals surface area contributed by atoms with Crippen molar-refractivity contribution in [2.24, 2.45) is 5.84 Å². The van der Waals surface area contributed by atoms with Gasteiger partial charge in [-0.05, 0) is 26.4 Å². The number of nitrogens with zero attached hydrogens (tertiary/aromatic N) is 3. The minimum atomic E-state index is 0.463. The molecule has 1 aromatic heterocycles. The van der Waals surface area contributed by atoms with E-state index in [1.807, 2.05) is 6.07 Å². The summed E-state index contributed by atoms with van der Waals surface area (Å²) in [6.07, 6.45) is 3.05. The van der Waals surface area contributed by atoms with Gasteiger partial charge in [-0.15, -0.1) is 0 Å². The van der Waals surface area contributed by atoms with Crippen LogP contribution in [-0.4, -0.2) is 41.0 Å². The van der Waals surface area contributed by atoms with Crippen LogP contribution in [0.15, 0.2) is 6.07 Å². The summed E-state index contributed by atoms with van der Waals surface area (Å²) >= 11 is 0. The molecule has 1 saturated heterocycles. The maximum atomic E-state index is 5.44. The van der Waals surface area contributed by atoms with Crippen LogP contribution in [0.4, 0.5) is 11.6 Å². The molecule has 0 aromatic carbocycles. The minimum absolute atomic E-state index is 0.463. The third-order valence-corrected chi connectivity index (χ3v) is 3.14. The van der Waals surface area contributed by atoms with Gasteiger partial charge in [0.25, 0.3) is 0 Å². The number of aromatic nitrogens is 2. The molecule has 6 nitrogen and oxygen atoms in total. The summed E-state index contributed by atoms with van der Waals surface area (Å²) in [6, 6.07) is 2.32. The predicted octanol–water partition coefficient (Wildman–Crippen LogP) is 0.831. The second kappa shape index (κ2) is 5.97. The molecule has 1 unspecified atom stereocenters. The van der Waals surface area contributed by atoms with Crippen LogP contribution in [0, 0.1) is 0 Å². The summed E-state index contributed by atoms with van der Waals surface area (Å²) in [6.45, 7) is 4.30. The number of nitrogens with two attached hydrogens (primary N) is 1. The highest BCUT2D eigenvalue weighted by atomic mass is 15.3. The van der Waals surface area contributed by atoms with Crippen LogP contribution in [0.2, 0.25) is 0 Å². The van der Waals surface area contributed by atoms with Crippen molar-refractivity contribution in [3.8, 4) is 0 Å². The van der Waals surface area contributed by atoms with Gasteiger partial charge < -0.3 is 15.6 Å². The Morgan fingerprint density at radius 3 is 2.83 bits per heavy atom. The zero-order valence-corrected chi connectivity index (χ0v) is 11.1. The second-order valence-electron chi connectivity index (χ2n) is 4.84. The fraction of sp³-hybridized carbons (Fsp3) is 0.667. The fourth-order valence-corrected chi connectivity index (χ4v) is 2.24. The molecule has 4 N–H and O–H groups in total. The first-order valence-electron chi connectivity index (χ1n) is 6.51. The number of hydrazine groups is 1. The van der Waals surface area contributed by atoms with Gasteiger partial charge in [-0.1, -0.05) is 6.92 Å². The van der Waals surface area contributed by atoms with Gasteiger partial charge in [-0.2, -0.15) is 0 Å². The molecular formula is C12H22N6. The number of nitrogens with one attached hydrogen (secondary N) is 2. The van der Waals surface area contributed by atoms with Gasteiger partial charge in [0.15, 0.2) is 0 Å². The van der Waals surface area contributed by atoms with Gasteiger partial charge >= 0.3 is 0 Å². The molecule has 0 aliphatic carbocycles. The Morgan fingerprint density at radius 2 is 2.22 bits per heavy atom. The summed E-state index contributed by atoms with van der Waals surface area (Å²) in [5.41, 5.74) is 2.60. The van der Waals surface area contributed by atoms with Crippen molar-refractivity contribution in [2.75, 3.05) is 30.9 Å². The molecule has 0 bridgehead atoms. The maximum absolute atomic E-state index is 5.44. The van der Waals surface area contributed by atoms with Crippen LogP contribution in [-0.2, 0) is 6.42 Å². The minimum Gasteiger partial charge on any atom is -0.366 e. The number of rotatable bonds is 5. The molecule has 2 rings (SSSR count). The molecule has 0 spiro atoms. The Hall–Kier alpha value is -1.40. The summed E-state index contributed by atoms with van der Waals surface area (Å²) in [5, 5.41) is 3.46. The van der Waals surface area contributed by atoms with Crippen molar-refractivity contribution < 1.29 is 0 Å². The van der Waals surface area contributed by atoms with E-state index in [-0.39, 0.29) is 0 Å². The van der Waals surface area contributed by atoms with Crippen molar-refractivity contribution in [3.05, 3.63) is 11.9 Å². The van der Waals surface area contributed by atoms with Crippen LogP contribution >= 0.6 is 0 Å². The number of aryl methyl sites for hydroxylation is 1. The van der Waals surface area contributed by atoms with Gasteiger partial charge in [0.05, 0.1) is 0 Å². The average Bonchev–Trinajstić information content (AvgIpc) is 2.75. The first-order chi connectivity index (χ1) is 8.71. The Morgan fingerprint density at radius 1 is 1.44 bits per heavy atom. The number of anilines is 2. The molecule has 0 amide bonds. The lowest BCUT2D eigenvalue weighted by atomic mass is 10.2. The molecule has 0 saturated carbocycles. The van der Waals surface area contributed by atoms with E-state index in [1.165, 1.54) is 0 Å². The summed E-state index contributed by atoms with van der Waals surface area (Å²) in [4.78, 5) is 11.2. The van der Waals surface area contributed by atoms with Crippen molar-refractivity contribution in [2.45, 2.75) is 32.2 Å². The highest BCUT2D eigenvalue weighted by molar-refractivity contribution is 5.47. The van der Waals surface area contributed by atoms with E-state index in [1.54, 1.807) is 0 Å². The molecule has 18 heavy (non-hydrogen) atoms. The number of hydrogen-bond donors (Lipinski definition) is 3. The van der Waals surface area contributed by atoms with E-state index in [0.29, 0.717) is 11.9 Å². The zero-order valence-electron chi connectivity index (χ0n) is 11.1. The van der Waals surface area contributed by atoms with E-state index in [2.05, 4.69) is 39.6 Å². The van der Waals surface area contributed by atoms with E-state index in [4.69, 9.17) is 5.84 Å². The van der Waals surface area contributed by atoms with Crippen LogP contribution in [0.3, 0.4) is 0 Å². The molecule has 1 aromatic rings. The zero-order chi connectivity index (χ0) is 13.0. The molecule has 0 radical (unpaired) electrons. The number of hydrogen-bond acceptors (Lipinski definition) is 6. The topological polar surface area (TPSA) is 79.1 Å². The average molecular weight is 250 g/mol. The molecule has 1 fully saturated rings. The van der Waals surface area contributed by atoms with E-state index in [9.17, 15) is 0 Å². The second-order valence-corrected chi connectivity index (χ2v) is 4.84. The van der Waals surface area contributed by atoms with Crippen molar-refractivity contribution >= 4 is 11.6 Å². The molecule has 1 atom stereocenters. The number of nitrogen functional groups attached to an aromatic ring is 1. The van der Waals surface area contributed by atoms with Crippen molar-refractivity contribution in [3.63, 3.8) is 0 Å². The largest absolute Gasteiger partial charge is 0.366 e. The Balaban J connectivity index is 2.08. The van der Waals surface area contributed by atoms with Gasteiger partial charge in [-0.25, -0.2) is 15.8 Å². The molecular weight excluding hydrogens is 228 g/mol. The summed E-state index contributed by atoms with van der Waals surface area (Å²) in [7, 11) is 2.14. The lowest BCUT2D eigenvalue weighted by Gasteiger charge is -2.15. The Labute approximate surface area is 108 Å². The van der Waals surface area contributed by atoms with Gasteiger partial charge in [0.1, 0.15) is 17.5 Å². The standard InChI is InChI=1S/C12H22N6/c1-3-4-10-15-11(7-12(16-10)17-13)14-9-5-6-18(2)8-9/h7,9H,3-6,8,13H2,1-2H3,(H2,14,15,16,17). The molecule has 1 aliphatic heterocycles. The van der Waals surface area contributed by atoms with Crippen molar-refractivity contribution in [1.29, 1.82) is 0 Å². The van der Waals surface area contributed by atoms with Crippen LogP contribution in [0.25, 0.3) is 0 Å². The van der Waals surface area contributed by atoms with Gasteiger partial charge in [0, 0.05) is 25.1 Å². The predicted molar refractivity (Wildman–Crippen MR) is 73.4 cm³/mol. The highest BCUT2D eigenvalue weighted by Crippen LogP contribution is 2.16. The van der Waals surface area contributed by atoms with Gasteiger partial charge in [0.2, 0.25) is 0 Å². The number of likely N-dealkylation sites (tertiary alicyclic amines) is 1. The first kappa shape index (κ1) is 13.0. The SMILES string of the molecule is CCCc1nc(NN)cc(NC2CCN(C)C2)n1. The van der Waals surface area contributed by atoms with E-state index in [0.717, 1.165) is 44.0 Å². The third-order valence-electron chi connectivity index (χ3n) is 3.14. The molecule has 6 heteroatoms. The summed E-state index contributed by atoms with van der Waals surface area (Å²) in [5.74, 6) is 7.80. The first-order valence-corrected chi connectivity index (χ1v) is 6.51. The normalized spacial score (nSPS) is 20.1. The molecule has 2 heterocycles. The van der Waals surface area contributed by atoms with Crippen LogP contribution in [0.5, 0.6) is 0 Å². The maximum Gasteiger partial charge on any atom is 0.145 e. The monoisotopic (exact) mass is 250 g/mol. The van der Waals surface area contributed by atoms with Crippen molar-refractivity contribution in [1.82, 2.24) is 14.9 Å². The lowest BCUT2D eigenvalue weighted by Crippen LogP contribution is -2.24. The van der Waals surface area contributed by atoms with Crippen LogP contribution in [0.1, 0.15) is 25.6 Å². The number of likely N-dealkylation sites (N-methyl/N-ethyl adjacent to an activating group) is 1. The van der Waals surface area contributed by atoms with E-state index >= 15 is 0 Å². The lowest BCUT2D eigenvalue weighted by molar-refractivity contribution is 0.414. The molecule has 1 aliphatic rings. The highest BCUT2D eigenvalue weighted by Gasteiger charge is 2.19. The smallest absolute Gasteiger partial charge is 0.145 e. The van der Waals surface area contributed by atoms with E-state index < -0.39 is 0 Å². The quantitative estimate of drug-likeness (QED) is 0.530. The van der Waals surface area contributed by atoms with Crippen LogP contribution < -0.4 is 16.6 Å². The molecule has 100 valence electrons. The fourth-order valence-electron chi connectivity index (χ4n) is 2.24. The van der Waals surface area contributed by atoms with Gasteiger partial charge in [-0.3, -0.25) is 0 Å². The summed E-state index contributed by atoms with van der Waals surface area (Å²) < 4.78 is 0.